The summed E-state index contributed by atoms with van der Waals surface area (Å²) in [7, 11) is 1.41. The molecule has 0 unspecified atom stereocenters. The number of carbonyl (C=O) groups excluding carboxylic acids is 2. The zero-order valence-electron chi connectivity index (χ0n) is 10.7. The molecule has 0 bridgehead atoms. The maximum atomic E-state index is 11.2. The van der Waals surface area contributed by atoms with Gasteiger partial charge in [-0.3, -0.25) is 9.59 Å². The number of hydrogen-bond donors (Lipinski definition) is 1. The van der Waals surface area contributed by atoms with E-state index in [-0.39, 0.29) is 11.9 Å². The summed E-state index contributed by atoms with van der Waals surface area (Å²) in [6, 6.07) is 0.303. The van der Waals surface area contributed by atoms with Gasteiger partial charge < -0.3 is 15.0 Å². The largest absolute Gasteiger partial charge is 0.469 e. The third-order valence-electron chi connectivity index (χ3n) is 3.13. The first-order chi connectivity index (χ1) is 8.15. The Morgan fingerprint density at radius 2 is 2.00 bits per heavy atom. The zero-order chi connectivity index (χ0) is 12.7. The fraction of sp³-hybridized carbons (Fsp3) is 0.833. The number of hydrogen-bond acceptors (Lipinski definition) is 4. The fourth-order valence-corrected chi connectivity index (χ4v) is 1.98. The molecule has 0 saturated carbocycles. The van der Waals surface area contributed by atoms with Crippen molar-refractivity contribution in [3.05, 3.63) is 0 Å². The number of rotatable bonds is 5. The number of carbonyl (C=O) groups is 2. The highest BCUT2D eigenvalue weighted by Gasteiger charge is 2.20. The van der Waals surface area contributed by atoms with Crippen LogP contribution in [-0.4, -0.2) is 49.6 Å². The SMILES string of the molecule is CCC(=O)NC1CCN(CCC(=O)OC)CC1. The molecule has 1 rings (SSSR count). The Labute approximate surface area is 102 Å². The molecule has 17 heavy (non-hydrogen) atoms. The molecule has 5 heteroatoms. The first-order valence-corrected chi connectivity index (χ1v) is 6.24. The van der Waals surface area contributed by atoms with E-state index in [0.717, 1.165) is 32.5 Å². The summed E-state index contributed by atoms with van der Waals surface area (Å²) in [5, 5.41) is 3.01. The van der Waals surface area contributed by atoms with E-state index in [4.69, 9.17) is 0 Å². The number of nitrogens with zero attached hydrogens (tertiary/aromatic N) is 1. The van der Waals surface area contributed by atoms with Crippen LogP contribution in [0.1, 0.15) is 32.6 Å². The summed E-state index contributed by atoms with van der Waals surface area (Å²) in [6.07, 6.45) is 2.92. The molecule has 0 aliphatic carbocycles. The molecule has 0 aromatic heterocycles. The second-order valence-electron chi connectivity index (χ2n) is 4.36. The third-order valence-corrected chi connectivity index (χ3v) is 3.13. The predicted octanol–water partition coefficient (Wildman–Crippen LogP) is 0.540. The first-order valence-electron chi connectivity index (χ1n) is 6.24. The minimum absolute atomic E-state index is 0.123. The number of esters is 1. The summed E-state index contributed by atoms with van der Waals surface area (Å²) in [5.41, 5.74) is 0. The molecule has 98 valence electrons. The van der Waals surface area contributed by atoms with Gasteiger partial charge in [0, 0.05) is 32.1 Å². The Bertz CT molecular complexity index is 260. The molecule has 0 aromatic rings. The Morgan fingerprint density at radius 3 is 2.53 bits per heavy atom. The molecule has 1 aliphatic rings. The van der Waals surface area contributed by atoms with E-state index >= 15 is 0 Å². The minimum atomic E-state index is -0.161. The number of likely N-dealkylation sites (tertiary alicyclic amines) is 1. The van der Waals surface area contributed by atoms with Crippen LogP contribution < -0.4 is 5.32 Å². The summed E-state index contributed by atoms with van der Waals surface area (Å²) >= 11 is 0. The summed E-state index contributed by atoms with van der Waals surface area (Å²) in [6.45, 7) is 4.49. The van der Waals surface area contributed by atoms with Crippen LogP contribution in [0.15, 0.2) is 0 Å². The molecular formula is C12H22N2O3. The summed E-state index contributed by atoms with van der Waals surface area (Å²) in [4.78, 5) is 24.5. The van der Waals surface area contributed by atoms with Gasteiger partial charge >= 0.3 is 5.97 Å². The van der Waals surface area contributed by atoms with Gasteiger partial charge in [-0.05, 0) is 12.8 Å². The van der Waals surface area contributed by atoms with Crippen molar-refractivity contribution < 1.29 is 14.3 Å². The van der Waals surface area contributed by atoms with Crippen LogP contribution in [0.4, 0.5) is 0 Å². The molecule has 1 amide bonds. The third kappa shape index (κ3) is 5.17. The van der Waals surface area contributed by atoms with Crippen molar-refractivity contribution in [3.63, 3.8) is 0 Å². The lowest BCUT2D eigenvalue weighted by Crippen LogP contribution is -2.44. The Balaban J connectivity index is 2.17. The van der Waals surface area contributed by atoms with E-state index in [1.165, 1.54) is 7.11 Å². The lowest BCUT2D eigenvalue weighted by atomic mass is 10.0. The van der Waals surface area contributed by atoms with Crippen molar-refractivity contribution in [2.45, 2.75) is 38.6 Å². The van der Waals surface area contributed by atoms with Crippen molar-refractivity contribution in [1.82, 2.24) is 10.2 Å². The van der Waals surface area contributed by atoms with Crippen LogP contribution in [0, 0.1) is 0 Å². The van der Waals surface area contributed by atoms with Crippen LogP contribution >= 0.6 is 0 Å². The fourth-order valence-electron chi connectivity index (χ4n) is 1.98. The van der Waals surface area contributed by atoms with E-state index in [2.05, 4.69) is 15.0 Å². The standard InChI is InChI=1S/C12H22N2O3/c1-3-11(15)13-10-4-7-14(8-5-10)9-6-12(16)17-2/h10H,3-9H2,1-2H3,(H,13,15). The Kier molecular flexibility index (Phi) is 5.97. The first kappa shape index (κ1) is 14.0. The number of piperidine rings is 1. The molecule has 0 radical (unpaired) electrons. The highest BCUT2D eigenvalue weighted by molar-refractivity contribution is 5.75. The van der Waals surface area contributed by atoms with E-state index in [0.29, 0.717) is 18.9 Å². The molecule has 1 N–H and O–H groups in total. The zero-order valence-corrected chi connectivity index (χ0v) is 10.7. The van der Waals surface area contributed by atoms with Crippen LogP contribution in [0.2, 0.25) is 0 Å². The normalized spacial score (nSPS) is 17.8. The van der Waals surface area contributed by atoms with Gasteiger partial charge in [0.05, 0.1) is 13.5 Å². The van der Waals surface area contributed by atoms with Gasteiger partial charge in [0.15, 0.2) is 0 Å². The molecular weight excluding hydrogens is 220 g/mol. The van der Waals surface area contributed by atoms with Gasteiger partial charge in [-0.25, -0.2) is 0 Å². The van der Waals surface area contributed by atoms with E-state index in [1.807, 2.05) is 6.92 Å². The van der Waals surface area contributed by atoms with Crippen molar-refractivity contribution in [3.8, 4) is 0 Å². The second-order valence-corrected chi connectivity index (χ2v) is 4.36. The molecule has 1 saturated heterocycles. The highest BCUT2D eigenvalue weighted by atomic mass is 16.5. The second kappa shape index (κ2) is 7.27. The molecule has 1 fully saturated rings. The Hall–Kier alpha value is -1.10. The number of nitrogens with one attached hydrogen (secondary N) is 1. The molecule has 1 heterocycles. The van der Waals surface area contributed by atoms with Gasteiger partial charge in [0.25, 0.3) is 0 Å². The lowest BCUT2D eigenvalue weighted by molar-refractivity contribution is -0.141. The monoisotopic (exact) mass is 242 g/mol. The van der Waals surface area contributed by atoms with Crippen LogP contribution in [0.3, 0.4) is 0 Å². The number of methoxy groups -OCH3 is 1. The van der Waals surface area contributed by atoms with E-state index in [1.54, 1.807) is 0 Å². The van der Waals surface area contributed by atoms with E-state index < -0.39 is 0 Å². The predicted molar refractivity (Wildman–Crippen MR) is 64.5 cm³/mol. The molecule has 0 aromatic carbocycles. The van der Waals surface area contributed by atoms with Gasteiger partial charge in [0.1, 0.15) is 0 Å². The van der Waals surface area contributed by atoms with E-state index in [9.17, 15) is 9.59 Å². The highest BCUT2D eigenvalue weighted by Crippen LogP contribution is 2.10. The van der Waals surface area contributed by atoms with Gasteiger partial charge in [-0.2, -0.15) is 0 Å². The minimum Gasteiger partial charge on any atom is -0.469 e. The summed E-state index contributed by atoms with van der Waals surface area (Å²) < 4.78 is 4.61. The smallest absolute Gasteiger partial charge is 0.306 e. The van der Waals surface area contributed by atoms with Crippen molar-refractivity contribution in [2.75, 3.05) is 26.7 Å². The molecule has 1 aliphatic heterocycles. The van der Waals surface area contributed by atoms with Gasteiger partial charge in [-0.1, -0.05) is 6.92 Å². The topological polar surface area (TPSA) is 58.6 Å². The number of amides is 1. The molecule has 0 spiro atoms. The molecule has 0 atom stereocenters. The van der Waals surface area contributed by atoms with Crippen molar-refractivity contribution in [1.29, 1.82) is 0 Å². The lowest BCUT2D eigenvalue weighted by Gasteiger charge is -2.32. The molecule has 5 nitrogen and oxygen atoms in total. The number of ether oxygens (including phenoxy) is 1. The average molecular weight is 242 g/mol. The van der Waals surface area contributed by atoms with Crippen LogP contribution in [0.5, 0.6) is 0 Å². The van der Waals surface area contributed by atoms with Gasteiger partial charge in [-0.15, -0.1) is 0 Å². The van der Waals surface area contributed by atoms with Gasteiger partial charge in [0.2, 0.25) is 5.91 Å². The summed E-state index contributed by atoms with van der Waals surface area (Å²) in [5.74, 6) is -0.0376. The van der Waals surface area contributed by atoms with Crippen LogP contribution in [-0.2, 0) is 14.3 Å². The maximum Gasteiger partial charge on any atom is 0.306 e. The average Bonchev–Trinajstić information content (AvgIpc) is 2.37. The van der Waals surface area contributed by atoms with Crippen molar-refractivity contribution >= 4 is 11.9 Å². The van der Waals surface area contributed by atoms with Crippen LogP contribution in [0.25, 0.3) is 0 Å². The Morgan fingerprint density at radius 1 is 1.35 bits per heavy atom. The maximum absolute atomic E-state index is 11.2. The quantitative estimate of drug-likeness (QED) is 0.715. The van der Waals surface area contributed by atoms with Crippen molar-refractivity contribution in [2.24, 2.45) is 0 Å².